The second kappa shape index (κ2) is 5.36. The van der Waals surface area contributed by atoms with Gasteiger partial charge in [-0.15, -0.1) is 0 Å². The predicted octanol–water partition coefficient (Wildman–Crippen LogP) is 3.08. The van der Waals surface area contributed by atoms with E-state index in [4.69, 9.17) is 0 Å². The van der Waals surface area contributed by atoms with E-state index in [1.54, 1.807) is 0 Å². The second-order valence-corrected chi connectivity index (χ2v) is 1.94. The van der Waals surface area contributed by atoms with Crippen molar-refractivity contribution in [2.75, 3.05) is 0 Å². The number of rotatable bonds is 2. The summed E-state index contributed by atoms with van der Waals surface area (Å²) in [5.41, 5.74) is 1.29. The standard InChI is InChI=1S/C9H14/c1-4-6-8-9(3)7-5-2/h4-8H,1-3H3/b6-4+,7-5+,9-8+. The van der Waals surface area contributed by atoms with Crippen LogP contribution in [0.2, 0.25) is 0 Å². The summed E-state index contributed by atoms with van der Waals surface area (Å²) in [6, 6.07) is 0. The first-order chi connectivity index (χ1) is 4.31. The molecule has 0 aliphatic carbocycles. The Kier molecular flexibility index (Phi) is 4.89. The zero-order valence-electron chi connectivity index (χ0n) is 6.39. The summed E-state index contributed by atoms with van der Waals surface area (Å²) in [6.45, 7) is 6.12. The van der Waals surface area contributed by atoms with Gasteiger partial charge in [0, 0.05) is 0 Å². The monoisotopic (exact) mass is 122 g/mol. The van der Waals surface area contributed by atoms with Crippen molar-refractivity contribution in [2.45, 2.75) is 20.8 Å². The zero-order valence-corrected chi connectivity index (χ0v) is 6.39. The average Bonchev–Trinajstić information content (AvgIpc) is 1.85. The maximum Gasteiger partial charge on any atom is -0.0398 e. The fraction of sp³-hybridized carbons (Fsp3) is 0.333. The molecular formula is C9H14. The van der Waals surface area contributed by atoms with Crippen molar-refractivity contribution in [2.24, 2.45) is 0 Å². The van der Waals surface area contributed by atoms with E-state index in [0.29, 0.717) is 0 Å². The average molecular weight is 122 g/mol. The van der Waals surface area contributed by atoms with Gasteiger partial charge in [-0.2, -0.15) is 0 Å². The van der Waals surface area contributed by atoms with Crippen LogP contribution in [0.1, 0.15) is 20.8 Å². The van der Waals surface area contributed by atoms with Gasteiger partial charge in [-0.25, -0.2) is 0 Å². The Hall–Kier alpha value is -0.780. The van der Waals surface area contributed by atoms with Crippen LogP contribution in [0.3, 0.4) is 0 Å². The summed E-state index contributed by atoms with van der Waals surface area (Å²) < 4.78 is 0. The predicted molar refractivity (Wildman–Crippen MR) is 43.4 cm³/mol. The second-order valence-electron chi connectivity index (χ2n) is 1.94. The fourth-order valence-corrected chi connectivity index (χ4v) is 0.566. The van der Waals surface area contributed by atoms with Crippen molar-refractivity contribution in [3.63, 3.8) is 0 Å². The SMILES string of the molecule is C/C=C/C=C(C)/C=C/C. The van der Waals surface area contributed by atoms with Gasteiger partial charge >= 0.3 is 0 Å². The molecule has 0 rings (SSSR count). The molecule has 0 nitrogen and oxygen atoms in total. The molecule has 0 aliphatic rings. The molecule has 0 unspecified atom stereocenters. The van der Waals surface area contributed by atoms with E-state index in [2.05, 4.69) is 19.1 Å². The lowest BCUT2D eigenvalue weighted by Gasteiger charge is -1.83. The minimum atomic E-state index is 1.29. The van der Waals surface area contributed by atoms with Crippen LogP contribution in [0.25, 0.3) is 0 Å². The Morgan fingerprint density at radius 2 is 1.78 bits per heavy atom. The summed E-state index contributed by atoms with van der Waals surface area (Å²) in [6.07, 6.45) is 10.3. The molecule has 9 heavy (non-hydrogen) atoms. The smallest absolute Gasteiger partial charge is 0.0398 e. The first kappa shape index (κ1) is 8.22. The highest BCUT2D eigenvalue weighted by molar-refractivity contribution is 5.20. The lowest BCUT2D eigenvalue weighted by Crippen LogP contribution is -1.62. The topological polar surface area (TPSA) is 0 Å². The molecule has 0 amide bonds. The zero-order chi connectivity index (χ0) is 7.11. The molecule has 0 aliphatic heterocycles. The van der Waals surface area contributed by atoms with Crippen molar-refractivity contribution in [3.05, 3.63) is 36.0 Å². The molecule has 0 saturated carbocycles. The molecule has 0 atom stereocenters. The molecular weight excluding hydrogens is 108 g/mol. The van der Waals surface area contributed by atoms with Gasteiger partial charge in [0.2, 0.25) is 0 Å². The normalized spacial score (nSPS) is 13.9. The molecule has 0 N–H and O–H groups in total. The van der Waals surface area contributed by atoms with E-state index in [0.717, 1.165) is 0 Å². The third kappa shape index (κ3) is 5.09. The van der Waals surface area contributed by atoms with Crippen LogP contribution in [-0.2, 0) is 0 Å². The summed E-state index contributed by atoms with van der Waals surface area (Å²) in [7, 11) is 0. The molecule has 0 aromatic heterocycles. The fourth-order valence-electron chi connectivity index (χ4n) is 0.566. The summed E-state index contributed by atoms with van der Waals surface area (Å²) >= 11 is 0. The Balaban J connectivity index is 3.84. The Labute approximate surface area is 57.6 Å². The molecule has 0 bridgehead atoms. The van der Waals surface area contributed by atoms with E-state index in [-0.39, 0.29) is 0 Å². The van der Waals surface area contributed by atoms with Crippen LogP contribution in [0.15, 0.2) is 36.0 Å². The van der Waals surface area contributed by atoms with E-state index in [1.165, 1.54) is 5.57 Å². The molecule has 0 heteroatoms. The van der Waals surface area contributed by atoms with Crippen LogP contribution in [-0.4, -0.2) is 0 Å². The minimum Gasteiger partial charge on any atom is -0.0877 e. The van der Waals surface area contributed by atoms with E-state index < -0.39 is 0 Å². The minimum absolute atomic E-state index is 1.29. The highest BCUT2D eigenvalue weighted by Gasteiger charge is 1.72. The van der Waals surface area contributed by atoms with Gasteiger partial charge in [-0.05, 0) is 20.8 Å². The molecule has 0 radical (unpaired) electrons. The molecule has 0 aromatic carbocycles. The van der Waals surface area contributed by atoms with Gasteiger partial charge in [-0.1, -0.05) is 36.0 Å². The summed E-state index contributed by atoms with van der Waals surface area (Å²) in [4.78, 5) is 0. The van der Waals surface area contributed by atoms with Crippen LogP contribution < -0.4 is 0 Å². The van der Waals surface area contributed by atoms with E-state index >= 15 is 0 Å². The number of hydrogen-bond donors (Lipinski definition) is 0. The Morgan fingerprint density at radius 1 is 1.11 bits per heavy atom. The lowest BCUT2D eigenvalue weighted by atomic mass is 10.2. The Morgan fingerprint density at radius 3 is 2.22 bits per heavy atom. The van der Waals surface area contributed by atoms with Crippen LogP contribution in [0, 0.1) is 0 Å². The van der Waals surface area contributed by atoms with E-state index in [9.17, 15) is 0 Å². The van der Waals surface area contributed by atoms with Gasteiger partial charge in [0.05, 0.1) is 0 Å². The third-order valence-corrected chi connectivity index (χ3v) is 0.981. The molecule has 0 fully saturated rings. The van der Waals surface area contributed by atoms with Crippen LogP contribution in [0.5, 0.6) is 0 Å². The Bertz CT molecular complexity index is 136. The van der Waals surface area contributed by atoms with Crippen LogP contribution >= 0.6 is 0 Å². The van der Waals surface area contributed by atoms with Crippen molar-refractivity contribution in [1.29, 1.82) is 0 Å². The lowest BCUT2D eigenvalue weighted by molar-refractivity contribution is 1.50. The number of allylic oxidation sites excluding steroid dienone is 6. The highest BCUT2D eigenvalue weighted by atomic mass is 13.8. The van der Waals surface area contributed by atoms with Crippen molar-refractivity contribution in [3.8, 4) is 0 Å². The molecule has 0 saturated heterocycles. The van der Waals surface area contributed by atoms with Gasteiger partial charge in [0.1, 0.15) is 0 Å². The van der Waals surface area contributed by atoms with Gasteiger partial charge in [-0.3, -0.25) is 0 Å². The molecule has 0 spiro atoms. The first-order valence-corrected chi connectivity index (χ1v) is 3.23. The van der Waals surface area contributed by atoms with Crippen LogP contribution in [0.4, 0.5) is 0 Å². The van der Waals surface area contributed by atoms with Gasteiger partial charge < -0.3 is 0 Å². The summed E-state index contributed by atoms with van der Waals surface area (Å²) in [5, 5.41) is 0. The maximum atomic E-state index is 2.08. The highest BCUT2D eigenvalue weighted by Crippen LogP contribution is 1.93. The van der Waals surface area contributed by atoms with Crippen molar-refractivity contribution < 1.29 is 0 Å². The van der Waals surface area contributed by atoms with Crippen molar-refractivity contribution in [1.82, 2.24) is 0 Å². The largest absolute Gasteiger partial charge is 0.0877 e. The summed E-state index contributed by atoms with van der Waals surface area (Å²) in [5.74, 6) is 0. The molecule has 0 aromatic rings. The third-order valence-electron chi connectivity index (χ3n) is 0.981. The quantitative estimate of drug-likeness (QED) is 0.494. The molecule has 0 heterocycles. The van der Waals surface area contributed by atoms with Gasteiger partial charge in [0.15, 0.2) is 0 Å². The van der Waals surface area contributed by atoms with Gasteiger partial charge in [0.25, 0.3) is 0 Å². The molecule has 50 valence electrons. The maximum absolute atomic E-state index is 2.08. The number of hydrogen-bond acceptors (Lipinski definition) is 0. The van der Waals surface area contributed by atoms with Crippen molar-refractivity contribution >= 4 is 0 Å². The van der Waals surface area contributed by atoms with E-state index in [1.807, 2.05) is 32.1 Å². The first-order valence-electron chi connectivity index (χ1n) is 3.23.